The molecule has 2 aliphatic heterocycles. The van der Waals surface area contributed by atoms with Crippen LogP contribution in [0.5, 0.6) is 0 Å². The van der Waals surface area contributed by atoms with E-state index >= 15 is 0 Å². The van der Waals surface area contributed by atoms with Gasteiger partial charge in [0.05, 0.1) is 4.90 Å². The van der Waals surface area contributed by atoms with Gasteiger partial charge in [-0.3, -0.25) is 13.9 Å². The number of piperidine rings is 1. The first-order valence-corrected chi connectivity index (χ1v) is 9.29. The summed E-state index contributed by atoms with van der Waals surface area (Å²) < 4.78 is 19.8. The van der Waals surface area contributed by atoms with E-state index in [-0.39, 0.29) is 5.91 Å². The van der Waals surface area contributed by atoms with Crippen LogP contribution in [0.3, 0.4) is 0 Å². The Morgan fingerprint density at radius 1 is 1.23 bits per heavy atom. The van der Waals surface area contributed by atoms with E-state index in [0.717, 1.165) is 19.6 Å². The summed E-state index contributed by atoms with van der Waals surface area (Å²) in [5.74, 6) is -0.157. The third kappa shape index (κ3) is 3.20. The largest absolute Gasteiger partial charge is 0.351 e. The molecule has 0 spiro atoms. The Balaban J connectivity index is 1.61. The first-order valence-electron chi connectivity index (χ1n) is 7.68. The number of fused-ring (bicyclic) bond motifs is 1. The van der Waals surface area contributed by atoms with Crippen molar-refractivity contribution in [3.05, 3.63) is 34.7 Å². The van der Waals surface area contributed by atoms with E-state index in [1.165, 1.54) is 24.7 Å². The van der Waals surface area contributed by atoms with E-state index in [1.807, 2.05) is 0 Å². The van der Waals surface area contributed by atoms with Crippen molar-refractivity contribution in [2.45, 2.75) is 24.2 Å². The summed E-state index contributed by atoms with van der Waals surface area (Å²) >= 11 is 0. The number of benzene rings is 1. The van der Waals surface area contributed by atoms with Gasteiger partial charge >= 0.3 is 0 Å². The van der Waals surface area contributed by atoms with Gasteiger partial charge in [-0.1, -0.05) is 12.5 Å². The van der Waals surface area contributed by atoms with Gasteiger partial charge in [-0.15, -0.1) is 10.6 Å². The summed E-state index contributed by atoms with van der Waals surface area (Å²) in [5.41, 5.74) is 1.13. The van der Waals surface area contributed by atoms with Crippen LogP contribution < -0.4 is 5.32 Å². The number of nitrogens with one attached hydrogen (secondary N) is 1. The number of likely N-dealkylation sites (tertiary alicyclic amines) is 1. The summed E-state index contributed by atoms with van der Waals surface area (Å²) in [4.78, 5) is 15.2. The molecule has 3 N–H and O–H groups in total. The molecular weight excluding hydrogens is 300 g/mol. The quantitative estimate of drug-likeness (QED) is 0.797. The second kappa shape index (κ2) is 6.42. The van der Waals surface area contributed by atoms with E-state index in [0.29, 0.717) is 22.6 Å². The molecule has 1 fully saturated rings. The molecule has 0 unspecified atom stereocenters. The molecule has 1 aromatic rings. The topological polar surface area (TPSA) is 72.8 Å². The average Bonchev–Trinajstić information content (AvgIpc) is 2.84. The van der Waals surface area contributed by atoms with Crippen LogP contribution in [-0.2, 0) is 0 Å². The van der Waals surface area contributed by atoms with E-state index < -0.39 is 10.6 Å². The van der Waals surface area contributed by atoms with Gasteiger partial charge in [0.15, 0.2) is 0 Å². The fourth-order valence-corrected chi connectivity index (χ4v) is 4.27. The molecular formula is C16H22N2O3S. The number of carbonyl (C=O) groups excluding carboxylic acids is 1. The van der Waals surface area contributed by atoms with Crippen LogP contribution in [0.1, 0.15) is 35.2 Å². The predicted octanol–water partition coefficient (Wildman–Crippen LogP) is 3.00. The van der Waals surface area contributed by atoms with Crippen molar-refractivity contribution in [3.63, 3.8) is 0 Å². The van der Waals surface area contributed by atoms with Crippen LogP contribution in [0, 0.1) is 0 Å². The lowest BCUT2D eigenvalue weighted by molar-refractivity contribution is 0.0946. The van der Waals surface area contributed by atoms with Crippen LogP contribution >= 0.6 is 10.6 Å². The normalized spacial score (nSPS) is 21.4. The highest BCUT2D eigenvalue weighted by molar-refractivity contribution is 8.27. The Labute approximate surface area is 132 Å². The highest BCUT2D eigenvalue weighted by atomic mass is 32.3. The molecule has 0 aliphatic carbocycles. The second-order valence-electron chi connectivity index (χ2n) is 5.77. The Hall–Kier alpha value is -1.34. The van der Waals surface area contributed by atoms with E-state index in [9.17, 15) is 13.9 Å². The van der Waals surface area contributed by atoms with Gasteiger partial charge in [0.2, 0.25) is 0 Å². The van der Waals surface area contributed by atoms with Gasteiger partial charge in [0.25, 0.3) is 5.91 Å². The summed E-state index contributed by atoms with van der Waals surface area (Å²) in [7, 11) is -2.87. The standard InChI is InChI=1S/C16H22N2O3S/c19-16(17-8-11-18-9-2-1-3-10-18)14-5-4-6-15-13(14)7-12-22(15,20)21/h4-7,12,20-21H,1-3,8-11H2,(H,17,19). The highest BCUT2D eigenvalue weighted by Gasteiger charge is 2.25. The minimum atomic E-state index is -2.87. The van der Waals surface area contributed by atoms with Gasteiger partial charge in [0, 0.05) is 29.6 Å². The first-order chi connectivity index (χ1) is 10.6. The lowest BCUT2D eigenvalue weighted by atomic mass is 10.1. The Kier molecular flexibility index (Phi) is 4.54. The molecule has 0 aromatic heterocycles. The molecule has 2 heterocycles. The van der Waals surface area contributed by atoms with Crippen LogP contribution in [-0.4, -0.2) is 46.1 Å². The molecule has 120 valence electrons. The van der Waals surface area contributed by atoms with E-state index in [2.05, 4.69) is 10.2 Å². The maximum atomic E-state index is 12.3. The van der Waals surface area contributed by atoms with Crippen molar-refractivity contribution >= 4 is 22.6 Å². The van der Waals surface area contributed by atoms with Crippen molar-refractivity contribution in [2.24, 2.45) is 0 Å². The predicted molar refractivity (Wildman–Crippen MR) is 89.2 cm³/mol. The molecule has 3 rings (SSSR count). The maximum absolute atomic E-state index is 12.3. The molecule has 5 nitrogen and oxygen atoms in total. The Morgan fingerprint density at radius 3 is 2.77 bits per heavy atom. The van der Waals surface area contributed by atoms with Gasteiger partial charge in [-0.25, -0.2) is 0 Å². The molecule has 0 atom stereocenters. The zero-order valence-corrected chi connectivity index (χ0v) is 13.3. The number of hydrogen-bond donors (Lipinski definition) is 3. The van der Waals surface area contributed by atoms with Crippen LogP contribution in [0.25, 0.3) is 6.08 Å². The smallest absolute Gasteiger partial charge is 0.252 e. The number of rotatable bonds is 4. The molecule has 0 saturated carbocycles. The Bertz CT molecular complexity index is 595. The summed E-state index contributed by atoms with van der Waals surface area (Å²) in [6.07, 6.45) is 5.41. The van der Waals surface area contributed by atoms with Gasteiger partial charge in [-0.2, -0.15) is 0 Å². The zero-order chi connectivity index (χ0) is 15.6. The minimum Gasteiger partial charge on any atom is -0.351 e. The monoisotopic (exact) mass is 322 g/mol. The number of hydrogen-bond acceptors (Lipinski definition) is 4. The van der Waals surface area contributed by atoms with Crippen LogP contribution in [0.15, 0.2) is 28.5 Å². The molecule has 6 heteroatoms. The lowest BCUT2D eigenvalue weighted by Gasteiger charge is -2.26. The second-order valence-corrected chi connectivity index (χ2v) is 7.67. The van der Waals surface area contributed by atoms with Crippen molar-refractivity contribution in [3.8, 4) is 0 Å². The molecule has 2 aliphatic rings. The van der Waals surface area contributed by atoms with Gasteiger partial charge < -0.3 is 10.2 Å². The molecule has 0 bridgehead atoms. The molecule has 0 radical (unpaired) electrons. The summed E-state index contributed by atoms with van der Waals surface area (Å²) in [6, 6.07) is 5.08. The fourth-order valence-electron chi connectivity index (χ4n) is 3.02. The van der Waals surface area contributed by atoms with Crippen LogP contribution in [0.2, 0.25) is 0 Å². The van der Waals surface area contributed by atoms with E-state index in [4.69, 9.17) is 0 Å². The molecule has 1 amide bonds. The van der Waals surface area contributed by atoms with Crippen molar-refractivity contribution in [2.75, 3.05) is 26.2 Å². The Morgan fingerprint density at radius 2 is 2.00 bits per heavy atom. The third-order valence-electron chi connectivity index (χ3n) is 4.22. The first kappa shape index (κ1) is 15.6. The van der Waals surface area contributed by atoms with Crippen molar-refractivity contribution in [1.82, 2.24) is 10.2 Å². The fraction of sp³-hybridized carbons (Fsp3) is 0.438. The SMILES string of the molecule is O=C(NCCN1CCCCC1)c1cccc2c1C=CS2(O)O. The zero-order valence-electron chi connectivity index (χ0n) is 12.5. The molecule has 1 saturated heterocycles. The third-order valence-corrected chi connectivity index (χ3v) is 5.74. The summed E-state index contributed by atoms with van der Waals surface area (Å²) in [6.45, 7) is 3.70. The van der Waals surface area contributed by atoms with Gasteiger partial charge in [-0.05, 0) is 44.1 Å². The van der Waals surface area contributed by atoms with Crippen LogP contribution in [0.4, 0.5) is 0 Å². The molecule has 22 heavy (non-hydrogen) atoms. The maximum Gasteiger partial charge on any atom is 0.252 e. The number of nitrogens with zero attached hydrogens (tertiary/aromatic N) is 1. The van der Waals surface area contributed by atoms with Gasteiger partial charge in [0.1, 0.15) is 0 Å². The average molecular weight is 322 g/mol. The van der Waals surface area contributed by atoms with Crippen molar-refractivity contribution in [1.29, 1.82) is 0 Å². The minimum absolute atomic E-state index is 0.157. The number of amides is 1. The molecule has 1 aromatic carbocycles. The highest BCUT2D eigenvalue weighted by Crippen LogP contribution is 2.56. The van der Waals surface area contributed by atoms with E-state index in [1.54, 1.807) is 24.3 Å². The van der Waals surface area contributed by atoms with Crippen molar-refractivity contribution < 1.29 is 13.9 Å². The summed E-state index contributed by atoms with van der Waals surface area (Å²) in [5, 5.41) is 4.31. The number of carbonyl (C=O) groups is 1. The lowest BCUT2D eigenvalue weighted by Crippen LogP contribution is -2.37.